The van der Waals surface area contributed by atoms with Gasteiger partial charge in [-0.15, -0.1) is 0 Å². The van der Waals surface area contributed by atoms with Crippen LogP contribution in [0.1, 0.15) is 25.8 Å². The van der Waals surface area contributed by atoms with Gasteiger partial charge in [-0.25, -0.2) is 0 Å². The van der Waals surface area contributed by atoms with Crippen molar-refractivity contribution >= 4 is 11.9 Å². The summed E-state index contributed by atoms with van der Waals surface area (Å²) in [6.07, 6.45) is 3.41. The third-order valence-electron chi connectivity index (χ3n) is 3.62. The van der Waals surface area contributed by atoms with Gasteiger partial charge in [0.2, 0.25) is 5.91 Å². The van der Waals surface area contributed by atoms with Crippen LogP contribution in [0.2, 0.25) is 0 Å². The van der Waals surface area contributed by atoms with Crippen molar-refractivity contribution in [3.8, 4) is 0 Å². The Morgan fingerprint density at radius 1 is 1.50 bits per heavy atom. The summed E-state index contributed by atoms with van der Waals surface area (Å²) in [5, 5.41) is 9.16. The van der Waals surface area contributed by atoms with Crippen molar-refractivity contribution in [1.29, 1.82) is 0 Å². The SMILES string of the molecule is CC1(C)C(C(=O)O)CC(=O)N1Cc1ccncc1. The minimum absolute atomic E-state index is 0.0768. The Hall–Kier alpha value is -1.91. The maximum absolute atomic E-state index is 12.0. The highest BCUT2D eigenvalue weighted by Gasteiger charge is 2.49. The van der Waals surface area contributed by atoms with E-state index in [4.69, 9.17) is 5.11 Å². The Kier molecular flexibility index (Phi) is 3.07. The molecule has 1 N–H and O–H groups in total. The Labute approximate surface area is 105 Å². The molecular weight excluding hydrogens is 232 g/mol. The lowest BCUT2D eigenvalue weighted by molar-refractivity contribution is -0.144. The predicted octanol–water partition coefficient (Wildman–Crippen LogP) is 1.29. The van der Waals surface area contributed by atoms with Crippen molar-refractivity contribution in [2.45, 2.75) is 32.4 Å². The summed E-state index contributed by atoms with van der Waals surface area (Å²) in [4.78, 5) is 28.7. The van der Waals surface area contributed by atoms with Crippen molar-refractivity contribution in [3.63, 3.8) is 0 Å². The third-order valence-corrected chi connectivity index (χ3v) is 3.62. The lowest BCUT2D eigenvalue weighted by Gasteiger charge is -2.34. The van der Waals surface area contributed by atoms with Gasteiger partial charge in [0.25, 0.3) is 0 Å². The fourth-order valence-electron chi connectivity index (χ4n) is 2.40. The molecule has 5 nitrogen and oxygen atoms in total. The zero-order valence-corrected chi connectivity index (χ0v) is 10.5. The van der Waals surface area contributed by atoms with E-state index in [9.17, 15) is 9.59 Å². The van der Waals surface area contributed by atoms with E-state index in [1.54, 1.807) is 31.1 Å². The van der Waals surface area contributed by atoms with E-state index in [0.717, 1.165) is 5.56 Å². The topological polar surface area (TPSA) is 70.5 Å². The van der Waals surface area contributed by atoms with Crippen molar-refractivity contribution < 1.29 is 14.7 Å². The van der Waals surface area contributed by atoms with Gasteiger partial charge in [-0.3, -0.25) is 14.6 Å². The van der Waals surface area contributed by atoms with Crippen LogP contribution in [0.15, 0.2) is 24.5 Å². The monoisotopic (exact) mass is 248 g/mol. The molecule has 0 spiro atoms. The summed E-state index contributed by atoms with van der Waals surface area (Å²) in [6.45, 7) is 4.04. The second kappa shape index (κ2) is 4.40. The van der Waals surface area contributed by atoms with E-state index in [-0.39, 0.29) is 12.3 Å². The molecule has 96 valence electrons. The number of carbonyl (C=O) groups is 2. The van der Waals surface area contributed by atoms with Crippen LogP contribution in [0.4, 0.5) is 0 Å². The van der Waals surface area contributed by atoms with Crippen LogP contribution in [0.25, 0.3) is 0 Å². The fourth-order valence-corrected chi connectivity index (χ4v) is 2.40. The van der Waals surface area contributed by atoms with Crippen LogP contribution in [0.3, 0.4) is 0 Å². The molecule has 1 aliphatic rings. The first kappa shape index (κ1) is 12.5. The molecule has 5 heteroatoms. The number of likely N-dealkylation sites (tertiary alicyclic amines) is 1. The summed E-state index contributed by atoms with van der Waals surface area (Å²) in [5.74, 6) is -1.67. The lowest BCUT2D eigenvalue weighted by atomic mass is 9.88. The number of aromatic nitrogens is 1. The summed E-state index contributed by atoms with van der Waals surface area (Å²) < 4.78 is 0. The maximum Gasteiger partial charge on any atom is 0.309 e. The van der Waals surface area contributed by atoms with Crippen LogP contribution >= 0.6 is 0 Å². The molecule has 1 unspecified atom stereocenters. The average Bonchev–Trinajstić information content (AvgIpc) is 2.54. The molecular formula is C13H16N2O3. The molecule has 1 aromatic rings. The largest absolute Gasteiger partial charge is 0.481 e. The van der Waals surface area contributed by atoms with E-state index in [1.807, 2.05) is 12.1 Å². The van der Waals surface area contributed by atoms with Crippen LogP contribution in [0, 0.1) is 5.92 Å². The summed E-state index contributed by atoms with van der Waals surface area (Å²) in [7, 11) is 0. The Morgan fingerprint density at radius 3 is 2.61 bits per heavy atom. The van der Waals surface area contributed by atoms with Crippen LogP contribution in [0.5, 0.6) is 0 Å². The zero-order chi connectivity index (χ0) is 13.3. The molecule has 0 aliphatic carbocycles. The number of amides is 1. The molecule has 1 fully saturated rings. The van der Waals surface area contributed by atoms with E-state index in [2.05, 4.69) is 4.98 Å². The molecule has 18 heavy (non-hydrogen) atoms. The van der Waals surface area contributed by atoms with Crippen molar-refractivity contribution in [1.82, 2.24) is 9.88 Å². The van der Waals surface area contributed by atoms with E-state index >= 15 is 0 Å². The van der Waals surface area contributed by atoms with Crippen LogP contribution < -0.4 is 0 Å². The first-order valence-corrected chi connectivity index (χ1v) is 5.85. The molecule has 1 atom stereocenters. The van der Waals surface area contributed by atoms with Gasteiger partial charge >= 0.3 is 5.97 Å². The second-order valence-electron chi connectivity index (χ2n) is 5.08. The Morgan fingerprint density at radius 2 is 2.11 bits per heavy atom. The normalized spacial score (nSPS) is 22.2. The number of nitrogens with zero attached hydrogens (tertiary/aromatic N) is 2. The van der Waals surface area contributed by atoms with E-state index in [0.29, 0.717) is 6.54 Å². The van der Waals surface area contributed by atoms with Crippen molar-refractivity contribution in [2.24, 2.45) is 5.92 Å². The van der Waals surface area contributed by atoms with Gasteiger partial charge in [0.1, 0.15) is 0 Å². The second-order valence-corrected chi connectivity index (χ2v) is 5.08. The lowest BCUT2D eigenvalue weighted by Crippen LogP contribution is -2.45. The average molecular weight is 248 g/mol. The standard InChI is InChI=1S/C13H16N2O3/c1-13(2)10(12(17)18)7-11(16)15(13)8-9-3-5-14-6-4-9/h3-6,10H,7-8H2,1-2H3,(H,17,18). The van der Waals surface area contributed by atoms with E-state index in [1.165, 1.54) is 0 Å². The molecule has 2 rings (SSSR count). The zero-order valence-electron chi connectivity index (χ0n) is 10.5. The minimum atomic E-state index is -0.912. The highest BCUT2D eigenvalue weighted by molar-refractivity contribution is 5.88. The van der Waals surface area contributed by atoms with Gasteiger partial charge in [-0.1, -0.05) is 0 Å². The fraction of sp³-hybridized carbons (Fsp3) is 0.462. The quantitative estimate of drug-likeness (QED) is 0.875. The molecule has 0 saturated carbocycles. The number of pyridine rings is 1. The third kappa shape index (κ3) is 2.08. The molecule has 0 bridgehead atoms. The number of carbonyl (C=O) groups excluding carboxylic acids is 1. The van der Waals surface area contributed by atoms with Gasteiger partial charge in [0.05, 0.1) is 11.5 Å². The number of hydrogen-bond acceptors (Lipinski definition) is 3. The molecule has 0 radical (unpaired) electrons. The van der Waals surface area contributed by atoms with Gasteiger partial charge in [-0.2, -0.15) is 0 Å². The Bertz CT molecular complexity index is 470. The van der Waals surface area contributed by atoms with Crippen molar-refractivity contribution in [3.05, 3.63) is 30.1 Å². The molecule has 0 aromatic carbocycles. The van der Waals surface area contributed by atoms with Crippen molar-refractivity contribution in [2.75, 3.05) is 0 Å². The van der Waals surface area contributed by atoms with E-state index < -0.39 is 17.4 Å². The molecule has 1 aliphatic heterocycles. The summed E-state index contributed by atoms with van der Waals surface area (Å²) in [5.41, 5.74) is 0.295. The highest BCUT2D eigenvalue weighted by Crippen LogP contribution is 2.36. The molecule has 1 amide bonds. The van der Waals surface area contributed by atoms with Crippen LogP contribution in [-0.4, -0.2) is 32.4 Å². The predicted molar refractivity (Wildman–Crippen MR) is 64.6 cm³/mol. The first-order chi connectivity index (χ1) is 8.43. The number of hydrogen-bond donors (Lipinski definition) is 1. The smallest absolute Gasteiger partial charge is 0.309 e. The number of aliphatic carboxylic acids is 1. The number of carboxylic acid groups (broad SMARTS) is 1. The Balaban J connectivity index is 2.23. The highest BCUT2D eigenvalue weighted by atomic mass is 16.4. The minimum Gasteiger partial charge on any atom is -0.481 e. The molecule has 2 heterocycles. The maximum atomic E-state index is 12.0. The number of rotatable bonds is 3. The molecule has 1 saturated heterocycles. The van der Waals surface area contributed by atoms with Gasteiger partial charge in [0, 0.05) is 25.4 Å². The van der Waals surface area contributed by atoms with Gasteiger partial charge in [-0.05, 0) is 31.5 Å². The summed E-state index contributed by atoms with van der Waals surface area (Å²) >= 11 is 0. The first-order valence-electron chi connectivity index (χ1n) is 5.85. The van der Waals surface area contributed by atoms with Gasteiger partial charge in [0.15, 0.2) is 0 Å². The van der Waals surface area contributed by atoms with Crippen LogP contribution in [-0.2, 0) is 16.1 Å². The number of carboxylic acids is 1. The molecule has 1 aromatic heterocycles. The van der Waals surface area contributed by atoms with Gasteiger partial charge < -0.3 is 10.0 Å². The summed E-state index contributed by atoms with van der Waals surface area (Å²) in [6, 6.07) is 3.66.